The molecule has 22 heavy (non-hydrogen) atoms. The van der Waals surface area contributed by atoms with Crippen LogP contribution in [0.4, 0.5) is 5.69 Å². The van der Waals surface area contributed by atoms with Crippen LogP contribution in [-0.4, -0.2) is 24.0 Å². The molecule has 4 rings (SSSR count). The maximum atomic E-state index is 12.9. The van der Waals surface area contributed by atoms with Crippen molar-refractivity contribution in [1.29, 1.82) is 0 Å². The molecule has 5 heteroatoms. The second-order valence-electron chi connectivity index (χ2n) is 6.60. The zero-order valence-corrected chi connectivity index (χ0v) is 12.8. The van der Waals surface area contributed by atoms with Crippen LogP contribution in [0.5, 0.6) is 0 Å². The van der Waals surface area contributed by atoms with E-state index in [0.29, 0.717) is 11.8 Å². The number of rotatable bonds is 2. The number of aromatic nitrogens is 1. The molecule has 1 aliphatic carbocycles. The van der Waals surface area contributed by atoms with Gasteiger partial charge in [0.15, 0.2) is 11.5 Å². The summed E-state index contributed by atoms with van der Waals surface area (Å²) in [6, 6.07) is 5.66. The van der Waals surface area contributed by atoms with Crippen LogP contribution < -0.4 is 10.6 Å². The van der Waals surface area contributed by atoms with Crippen LogP contribution in [0, 0.1) is 18.3 Å². The Labute approximate surface area is 129 Å². The number of hydrogen-bond acceptors (Lipinski definition) is 4. The molecule has 2 heterocycles. The molecule has 0 spiro atoms. The van der Waals surface area contributed by atoms with Crippen molar-refractivity contribution in [2.75, 3.05) is 18.4 Å². The maximum absolute atomic E-state index is 12.9. The quantitative estimate of drug-likeness (QED) is 0.895. The Kier molecular flexibility index (Phi) is 3.18. The molecule has 1 aromatic heterocycles. The molecule has 1 saturated carbocycles. The molecular weight excluding hydrogens is 278 g/mol. The summed E-state index contributed by atoms with van der Waals surface area (Å²) in [6.07, 6.45) is 4.53. The predicted molar refractivity (Wildman–Crippen MR) is 84.6 cm³/mol. The first kappa shape index (κ1) is 13.8. The lowest BCUT2D eigenvalue weighted by atomic mass is 9.67. The highest BCUT2D eigenvalue weighted by molar-refractivity contribution is 5.97. The maximum Gasteiger partial charge on any atom is 0.232 e. The molecule has 1 aliphatic heterocycles. The van der Waals surface area contributed by atoms with E-state index < -0.39 is 0 Å². The third-order valence-electron chi connectivity index (χ3n) is 5.24. The number of carbonyl (C=O) groups is 1. The van der Waals surface area contributed by atoms with Gasteiger partial charge in [0.1, 0.15) is 5.52 Å². The van der Waals surface area contributed by atoms with Crippen LogP contribution in [0.2, 0.25) is 0 Å². The molecule has 0 unspecified atom stereocenters. The Balaban J connectivity index is 1.59. The van der Waals surface area contributed by atoms with Gasteiger partial charge in [-0.25, -0.2) is 4.98 Å². The first-order chi connectivity index (χ1) is 10.7. The first-order valence-corrected chi connectivity index (χ1v) is 8.07. The first-order valence-electron chi connectivity index (χ1n) is 8.07. The number of benzene rings is 1. The van der Waals surface area contributed by atoms with Gasteiger partial charge in [-0.3, -0.25) is 4.79 Å². The van der Waals surface area contributed by atoms with Gasteiger partial charge in [0.2, 0.25) is 5.91 Å². The minimum atomic E-state index is -0.232. The fourth-order valence-corrected chi connectivity index (χ4v) is 4.06. The van der Waals surface area contributed by atoms with Gasteiger partial charge in [-0.05, 0) is 37.4 Å². The number of nitrogens with one attached hydrogen (secondary N) is 2. The lowest BCUT2D eigenvalue weighted by molar-refractivity contribution is -0.128. The monoisotopic (exact) mass is 299 g/mol. The summed E-state index contributed by atoms with van der Waals surface area (Å²) in [4.78, 5) is 17.2. The molecule has 116 valence electrons. The summed E-state index contributed by atoms with van der Waals surface area (Å²) in [5, 5.41) is 6.52. The number of oxazole rings is 1. The Morgan fingerprint density at radius 2 is 2.36 bits per heavy atom. The Bertz CT molecular complexity index is 724. The van der Waals surface area contributed by atoms with E-state index in [9.17, 15) is 4.79 Å². The van der Waals surface area contributed by atoms with Crippen LogP contribution in [0.15, 0.2) is 22.6 Å². The van der Waals surface area contributed by atoms with Gasteiger partial charge in [-0.2, -0.15) is 0 Å². The highest BCUT2D eigenvalue weighted by atomic mass is 16.3. The average Bonchev–Trinajstić information content (AvgIpc) is 3.09. The predicted octanol–water partition coefficient (Wildman–Crippen LogP) is 2.85. The fourth-order valence-electron chi connectivity index (χ4n) is 4.06. The molecule has 2 atom stereocenters. The van der Waals surface area contributed by atoms with E-state index in [1.807, 2.05) is 25.1 Å². The molecule has 2 fully saturated rings. The highest BCUT2D eigenvalue weighted by Crippen LogP contribution is 2.44. The lowest BCUT2D eigenvalue weighted by Crippen LogP contribution is -2.44. The lowest BCUT2D eigenvalue weighted by Gasteiger charge is -2.37. The van der Waals surface area contributed by atoms with Crippen LogP contribution in [0.1, 0.15) is 31.6 Å². The Morgan fingerprint density at radius 1 is 1.45 bits per heavy atom. The zero-order valence-electron chi connectivity index (χ0n) is 12.8. The van der Waals surface area contributed by atoms with Gasteiger partial charge >= 0.3 is 0 Å². The second kappa shape index (κ2) is 5.09. The topological polar surface area (TPSA) is 67.2 Å². The van der Waals surface area contributed by atoms with E-state index in [1.54, 1.807) is 0 Å². The number of aryl methyl sites for hydroxylation is 1. The minimum absolute atomic E-state index is 0.151. The van der Waals surface area contributed by atoms with Crippen LogP contribution in [-0.2, 0) is 4.79 Å². The molecular formula is C17H21N3O2. The van der Waals surface area contributed by atoms with Crippen molar-refractivity contribution in [3.63, 3.8) is 0 Å². The molecule has 1 amide bonds. The number of fused-ring (bicyclic) bond motifs is 2. The standard InChI is InChI=1S/C17H21N3O2/c1-11-19-14-6-5-13(8-15(14)22-11)20-16(21)17-7-3-2-4-12(17)9-18-10-17/h5-6,8,12,18H,2-4,7,9-10H2,1H3,(H,20,21)/t12-,17+/m0/s1. The Hall–Kier alpha value is -1.88. The second-order valence-corrected chi connectivity index (χ2v) is 6.60. The smallest absolute Gasteiger partial charge is 0.232 e. The van der Waals surface area contributed by atoms with Gasteiger partial charge in [0.25, 0.3) is 0 Å². The minimum Gasteiger partial charge on any atom is -0.441 e. The summed E-state index contributed by atoms with van der Waals surface area (Å²) < 4.78 is 5.55. The van der Waals surface area contributed by atoms with Crippen molar-refractivity contribution in [1.82, 2.24) is 10.3 Å². The van der Waals surface area contributed by atoms with Crippen LogP contribution in [0.3, 0.4) is 0 Å². The molecule has 2 aromatic rings. The van der Waals surface area contributed by atoms with Gasteiger partial charge < -0.3 is 15.1 Å². The van der Waals surface area contributed by atoms with Crippen LogP contribution >= 0.6 is 0 Å². The number of carbonyl (C=O) groups excluding carboxylic acids is 1. The number of amides is 1. The molecule has 1 saturated heterocycles. The molecule has 2 aliphatic rings. The molecule has 0 bridgehead atoms. The summed E-state index contributed by atoms with van der Waals surface area (Å²) >= 11 is 0. The van der Waals surface area contributed by atoms with Gasteiger partial charge in [-0.15, -0.1) is 0 Å². The molecule has 5 nitrogen and oxygen atoms in total. The molecule has 1 aromatic carbocycles. The third kappa shape index (κ3) is 2.11. The number of anilines is 1. The average molecular weight is 299 g/mol. The summed E-state index contributed by atoms with van der Waals surface area (Å²) in [5.41, 5.74) is 2.10. The van der Waals surface area contributed by atoms with E-state index in [1.165, 1.54) is 6.42 Å². The van der Waals surface area contributed by atoms with E-state index in [-0.39, 0.29) is 11.3 Å². The van der Waals surface area contributed by atoms with E-state index in [4.69, 9.17) is 4.42 Å². The van der Waals surface area contributed by atoms with Crippen molar-refractivity contribution < 1.29 is 9.21 Å². The van der Waals surface area contributed by atoms with Crippen molar-refractivity contribution in [3.8, 4) is 0 Å². The van der Waals surface area contributed by atoms with Crippen LogP contribution in [0.25, 0.3) is 11.1 Å². The number of hydrogen-bond donors (Lipinski definition) is 2. The summed E-state index contributed by atoms with van der Waals surface area (Å²) in [6.45, 7) is 3.59. The fraction of sp³-hybridized carbons (Fsp3) is 0.529. The van der Waals surface area contributed by atoms with Gasteiger partial charge in [-0.1, -0.05) is 12.8 Å². The van der Waals surface area contributed by atoms with Gasteiger partial charge in [0.05, 0.1) is 5.41 Å². The Morgan fingerprint density at radius 3 is 3.27 bits per heavy atom. The normalized spacial score (nSPS) is 27.8. The number of nitrogens with zero attached hydrogens (tertiary/aromatic N) is 1. The van der Waals surface area contributed by atoms with E-state index in [2.05, 4.69) is 15.6 Å². The SMILES string of the molecule is Cc1nc2ccc(NC(=O)[C@@]34CCCC[C@H]3CNC4)cc2o1. The molecule has 0 radical (unpaired) electrons. The summed E-state index contributed by atoms with van der Waals surface area (Å²) in [5.74, 6) is 1.26. The van der Waals surface area contributed by atoms with Crippen molar-refractivity contribution in [2.24, 2.45) is 11.3 Å². The largest absolute Gasteiger partial charge is 0.441 e. The van der Waals surface area contributed by atoms with E-state index >= 15 is 0 Å². The van der Waals surface area contributed by atoms with E-state index in [0.717, 1.165) is 49.1 Å². The summed E-state index contributed by atoms with van der Waals surface area (Å²) in [7, 11) is 0. The van der Waals surface area contributed by atoms with Crippen molar-refractivity contribution >= 4 is 22.7 Å². The third-order valence-corrected chi connectivity index (χ3v) is 5.24. The highest BCUT2D eigenvalue weighted by Gasteiger charge is 2.49. The van der Waals surface area contributed by atoms with Crippen molar-refractivity contribution in [2.45, 2.75) is 32.6 Å². The van der Waals surface area contributed by atoms with Crippen molar-refractivity contribution in [3.05, 3.63) is 24.1 Å². The zero-order chi connectivity index (χ0) is 15.2. The van der Waals surface area contributed by atoms with Gasteiger partial charge in [0, 0.05) is 25.2 Å². The molecule has 2 N–H and O–H groups in total.